The monoisotopic (exact) mass is 294 g/mol. The molecule has 0 spiro atoms. The van der Waals surface area contributed by atoms with Crippen molar-refractivity contribution in [3.8, 4) is 0 Å². The molecule has 20 heavy (non-hydrogen) atoms. The number of rotatable bonds is 5. The Kier molecular flexibility index (Phi) is 5.18. The molecule has 1 fully saturated rings. The number of halogens is 1. The fourth-order valence-corrected chi connectivity index (χ4v) is 3.07. The summed E-state index contributed by atoms with van der Waals surface area (Å²) >= 11 is 5.79. The molecule has 1 atom stereocenters. The minimum Gasteiger partial charge on any atom is -0.481 e. The van der Waals surface area contributed by atoms with E-state index < -0.39 is 11.9 Å². The van der Waals surface area contributed by atoms with E-state index in [-0.39, 0.29) is 18.1 Å². The SMILES string of the molecule is O=C(CC(C(=O)O)C1CCCCC1)c1ccc(Cl)cc1. The zero-order valence-electron chi connectivity index (χ0n) is 11.3. The first-order chi connectivity index (χ1) is 9.58. The van der Waals surface area contributed by atoms with E-state index in [9.17, 15) is 14.7 Å². The third kappa shape index (κ3) is 3.83. The van der Waals surface area contributed by atoms with Crippen molar-refractivity contribution in [2.45, 2.75) is 38.5 Å². The van der Waals surface area contributed by atoms with Crippen LogP contribution in [0.5, 0.6) is 0 Å². The van der Waals surface area contributed by atoms with Crippen LogP contribution in [0, 0.1) is 11.8 Å². The molecule has 0 heterocycles. The smallest absolute Gasteiger partial charge is 0.307 e. The third-order valence-electron chi connectivity index (χ3n) is 4.11. The van der Waals surface area contributed by atoms with Gasteiger partial charge in [-0.25, -0.2) is 0 Å². The maximum absolute atomic E-state index is 12.2. The van der Waals surface area contributed by atoms with Crippen molar-refractivity contribution in [3.05, 3.63) is 34.9 Å². The lowest BCUT2D eigenvalue weighted by molar-refractivity contribution is -0.144. The van der Waals surface area contributed by atoms with Gasteiger partial charge in [0.05, 0.1) is 5.92 Å². The van der Waals surface area contributed by atoms with Crippen molar-refractivity contribution in [1.82, 2.24) is 0 Å². The summed E-state index contributed by atoms with van der Waals surface area (Å²) < 4.78 is 0. The molecule has 0 aromatic heterocycles. The van der Waals surface area contributed by atoms with Gasteiger partial charge in [-0.1, -0.05) is 30.9 Å². The molecule has 2 rings (SSSR count). The number of carbonyl (C=O) groups is 2. The molecule has 0 bridgehead atoms. The number of aliphatic carboxylic acids is 1. The highest BCUT2D eigenvalue weighted by Crippen LogP contribution is 2.32. The molecular weight excluding hydrogens is 276 g/mol. The normalized spacial score (nSPS) is 17.6. The molecule has 1 unspecified atom stereocenters. The number of carboxylic acids is 1. The zero-order chi connectivity index (χ0) is 14.5. The first-order valence-electron chi connectivity index (χ1n) is 7.09. The molecule has 0 saturated heterocycles. The summed E-state index contributed by atoms with van der Waals surface area (Å²) in [4.78, 5) is 23.7. The highest BCUT2D eigenvalue weighted by atomic mass is 35.5. The van der Waals surface area contributed by atoms with E-state index in [4.69, 9.17) is 11.6 Å². The maximum atomic E-state index is 12.2. The number of Topliss-reactive ketones (excluding diaryl/α,β-unsaturated/α-hetero) is 1. The van der Waals surface area contributed by atoms with E-state index >= 15 is 0 Å². The van der Waals surface area contributed by atoms with Crippen molar-refractivity contribution in [1.29, 1.82) is 0 Å². The Bertz CT molecular complexity index is 475. The predicted molar refractivity (Wildman–Crippen MR) is 78.1 cm³/mol. The summed E-state index contributed by atoms with van der Waals surface area (Å²) in [6.45, 7) is 0. The molecule has 1 aliphatic rings. The van der Waals surface area contributed by atoms with Crippen LogP contribution >= 0.6 is 11.6 Å². The average Bonchev–Trinajstić information content (AvgIpc) is 2.46. The predicted octanol–water partition coefficient (Wildman–Crippen LogP) is 4.19. The quantitative estimate of drug-likeness (QED) is 0.828. The summed E-state index contributed by atoms with van der Waals surface area (Å²) in [5, 5.41) is 9.96. The van der Waals surface area contributed by atoms with Gasteiger partial charge in [0.1, 0.15) is 0 Å². The molecule has 0 radical (unpaired) electrons. The summed E-state index contributed by atoms with van der Waals surface area (Å²) in [5.74, 6) is -1.38. The second-order valence-corrected chi connectivity index (χ2v) is 5.91. The van der Waals surface area contributed by atoms with Crippen LogP contribution in [0.3, 0.4) is 0 Å². The fraction of sp³-hybridized carbons (Fsp3) is 0.500. The Balaban J connectivity index is 2.05. The van der Waals surface area contributed by atoms with Gasteiger partial charge in [0.15, 0.2) is 5.78 Å². The van der Waals surface area contributed by atoms with Crippen molar-refractivity contribution in [2.75, 3.05) is 0 Å². The Morgan fingerprint density at radius 1 is 1.15 bits per heavy atom. The lowest BCUT2D eigenvalue weighted by Gasteiger charge is -2.27. The van der Waals surface area contributed by atoms with E-state index in [2.05, 4.69) is 0 Å². The van der Waals surface area contributed by atoms with E-state index in [0.717, 1.165) is 25.7 Å². The van der Waals surface area contributed by atoms with Crippen LogP contribution < -0.4 is 0 Å². The first-order valence-corrected chi connectivity index (χ1v) is 7.47. The molecule has 1 aliphatic carbocycles. The molecule has 1 N–H and O–H groups in total. The highest BCUT2D eigenvalue weighted by Gasteiger charge is 2.31. The van der Waals surface area contributed by atoms with Crippen LogP contribution in [0.25, 0.3) is 0 Å². The molecule has 108 valence electrons. The van der Waals surface area contributed by atoms with Crippen LogP contribution in [0.15, 0.2) is 24.3 Å². The van der Waals surface area contributed by atoms with Gasteiger partial charge in [-0.15, -0.1) is 0 Å². The molecule has 4 heteroatoms. The minimum atomic E-state index is -0.848. The highest BCUT2D eigenvalue weighted by molar-refractivity contribution is 6.30. The number of ketones is 1. The van der Waals surface area contributed by atoms with Crippen molar-refractivity contribution >= 4 is 23.4 Å². The topological polar surface area (TPSA) is 54.4 Å². The van der Waals surface area contributed by atoms with E-state index in [1.807, 2.05) is 0 Å². The van der Waals surface area contributed by atoms with E-state index in [1.165, 1.54) is 6.42 Å². The van der Waals surface area contributed by atoms with Crippen LogP contribution in [-0.2, 0) is 4.79 Å². The van der Waals surface area contributed by atoms with Crippen LogP contribution in [0.1, 0.15) is 48.9 Å². The maximum Gasteiger partial charge on any atom is 0.307 e. The van der Waals surface area contributed by atoms with Crippen LogP contribution in [0.4, 0.5) is 0 Å². The number of hydrogen-bond donors (Lipinski definition) is 1. The average molecular weight is 295 g/mol. The van der Waals surface area contributed by atoms with Crippen molar-refractivity contribution in [3.63, 3.8) is 0 Å². The van der Waals surface area contributed by atoms with E-state index in [0.29, 0.717) is 10.6 Å². The Morgan fingerprint density at radius 3 is 2.30 bits per heavy atom. The number of carboxylic acid groups (broad SMARTS) is 1. The number of benzene rings is 1. The number of hydrogen-bond acceptors (Lipinski definition) is 2. The van der Waals surface area contributed by atoms with Gasteiger partial charge in [-0.3, -0.25) is 9.59 Å². The minimum absolute atomic E-state index is 0.0850. The van der Waals surface area contributed by atoms with Crippen LogP contribution in [0.2, 0.25) is 5.02 Å². The summed E-state index contributed by atoms with van der Waals surface area (Å²) in [6.07, 6.45) is 5.25. The van der Waals surface area contributed by atoms with Crippen molar-refractivity contribution < 1.29 is 14.7 Å². The summed E-state index contributed by atoms with van der Waals surface area (Å²) in [6, 6.07) is 6.63. The molecule has 0 amide bonds. The zero-order valence-corrected chi connectivity index (χ0v) is 12.1. The van der Waals surface area contributed by atoms with Gasteiger partial charge in [0.25, 0.3) is 0 Å². The van der Waals surface area contributed by atoms with Gasteiger partial charge in [0, 0.05) is 17.0 Å². The fourth-order valence-electron chi connectivity index (χ4n) is 2.95. The third-order valence-corrected chi connectivity index (χ3v) is 4.36. The van der Waals surface area contributed by atoms with Crippen molar-refractivity contribution in [2.24, 2.45) is 11.8 Å². The second kappa shape index (κ2) is 6.89. The molecule has 1 saturated carbocycles. The van der Waals surface area contributed by atoms with Gasteiger partial charge < -0.3 is 5.11 Å². The van der Waals surface area contributed by atoms with E-state index in [1.54, 1.807) is 24.3 Å². The van der Waals surface area contributed by atoms with Gasteiger partial charge >= 0.3 is 5.97 Å². The summed E-state index contributed by atoms with van der Waals surface area (Å²) in [7, 11) is 0. The Labute approximate surface area is 123 Å². The molecule has 3 nitrogen and oxygen atoms in total. The molecule has 1 aromatic rings. The first kappa shape index (κ1) is 15.0. The van der Waals surface area contributed by atoms with Gasteiger partial charge in [-0.2, -0.15) is 0 Å². The lowest BCUT2D eigenvalue weighted by Crippen LogP contribution is -2.28. The van der Waals surface area contributed by atoms with Gasteiger partial charge in [-0.05, 0) is 43.0 Å². The second-order valence-electron chi connectivity index (χ2n) is 5.48. The molecule has 1 aromatic carbocycles. The standard InChI is InChI=1S/C16H19ClO3/c17-13-8-6-12(7-9-13)15(18)10-14(16(19)20)11-4-2-1-3-5-11/h6-9,11,14H,1-5,10H2,(H,19,20). The number of carbonyl (C=O) groups excluding carboxylic acids is 1. The molecular formula is C16H19ClO3. The molecule has 0 aliphatic heterocycles. The Hall–Kier alpha value is -1.35. The van der Waals surface area contributed by atoms with Crippen LogP contribution in [-0.4, -0.2) is 16.9 Å². The summed E-state index contributed by atoms with van der Waals surface area (Å²) in [5.41, 5.74) is 0.538. The lowest BCUT2D eigenvalue weighted by atomic mass is 9.77. The Morgan fingerprint density at radius 2 is 1.75 bits per heavy atom. The van der Waals surface area contributed by atoms with Gasteiger partial charge in [0.2, 0.25) is 0 Å². The largest absolute Gasteiger partial charge is 0.481 e.